The quantitative estimate of drug-likeness (QED) is 0.581. The van der Waals surface area contributed by atoms with Gasteiger partial charge < -0.3 is 15.0 Å². The number of rotatable bonds is 6. The van der Waals surface area contributed by atoms with Crippen LogP contribution < -0.4 is 10.1 Å². The highest BCUT2D eigenvalue weighted by Gasteiger charge is 2.42. The monoisotopic (exact) mass is 446 g/mol. The van der Waals surface area contributed by atoms with Gasteiger partial charge in [0, 0.05) is 11.4 Å². The molecule has 1 saturated heterocycles. The van der Waals surface area contributed by atoms with Crippen molar-refractivity contribution < 1.29 is 14.3 Å². The number of benzene rings is 3. The van der Waals surface area contributed by atoms with Gasteiger partial charge in [0.05, 0.1) is 0 Å². The number of nitrogens with one attached hydrogen (secondary N) is 1. The topological polar surface area (TPSA) is 58.6 Å². The van der Waals surface area contributed by atoms with Crippen molar-refractivity contribution in [3.05, 3.63) is 95.6 Å². The molecule has 1 N–H and O–H groups in total. The molecule has 5 nitrogen and oxygen atoms in total. The molecule has 0 spiro atoms. The Morgan fingerprint density at radius 3 is 2.38 bits per heavy atom. The molecule has 0 bridgehead atoms. The molecule has 2 unspecified atom stereocenters. The summed E-state index contributed by atoms with van der Waals surface area (Å²) < 4.78 is 5.71. The van der Waals surface area contributed by atoms with Gasteiger partial charge in [-0.1, -0.05) is 60.7 Å². The number of hydrogen-bond donors (Lipinski definition) is 1. The van der Waals surface area contributed by atoms with E-state index in [4.69, 9.17) is 4.74 Å². The van der Waals surface area contributed by atoms with Crippen LogP contribution in [0, 0.1) is 13.8 Å². The van der Waals surface area contributed by atoms with Gasteiger partial charge in [-0.15, -0.1) is 11.8 Å². The number of amides is 2. The fourth-order valence-corrected chi connectivity index (χ4v) is 5.18. The lowest BCUT2D eigenvalue weighted by molar-refractivity contribution is -0.139. The Bertz CT molecular complexity index is 1090. The van der Waals surface area contributed by atoms with Gasteiger partial charge >= 0.3 is 0 Å². The highest BCUT2D eigenvalue weighted by Crippen LogP contribution is 2.41. The first kappa shape index (κ1) is 22.0. The second kappa shape index (κ2) is 9.92. The number of aryl methyl sites for hydroxylation is 1. The standard InChI is InChI=1S/C26H26N2O3S/c1-18-10-9-15-22(19(18)2)27-25(30)23-17-32-26(20-11-5-3-6-12-20)28(23)24(29)16-31-21-13-7-4-8-14-21/h3-15,23,26H,16-17H2,1-2H3,(H,27,30). The van der Waals surface area contributed by atoms with Crippen molar-refractivity contribution in [2.75, 3.05) is 17.7 Å². The van der Waals surface area contributed by atoms with E-state index in [1.54, 1.807) is 16.7 Å². The van der Waals surface area contributed by atoms with Crippen molar-refractivity contribution >= 4 is 29.3 Å². The molecular weight excluding hydrogens is 420 g/mol. The van der Waals surface area contributed by atoms with E-state index in [0.717, 1.165) is 22.4 Å². The summed E-state index contributed by atoms with van der Waals surface area (Å²) in [6, 6.07) is 24.3. The second-order valence-electron chi connectivity index (χ2n) is 7.75. The van der Waals surface area contributed by atoms with E-state index in [1.165, 1.54) is 0 Å². The zero-order valence-electron chi connectivity index (χ0n) is 18.2. The molecular formula is C26H26N2O3S. The van der Waals surface area contributed by atoms with Gasteiger partial charge in [0.15, 0.2) is 6.61 Å². The Labute approximate surface area is 192 Å². The maximum absolute atomic E-state index is 13.3. The molecule has 0 radical (unpaired) electrons. The van der Waals surface area contributed by atoms with Crippen LogP contribution in [0.15, 0.2) is 78.9 Å². The number of carbonyl (C=O) groups is 2. The molecule has 3 aromatic rings. The average Bonchev–Trinajstić information content (AvgIpc) is 3.27. The van der Waals surface area contributed by atoms with Crippen LogP contribution in [0.5, 0.6) is 5.75 Å². The lowest BCUT2D eigenvalue weighted by Crippen LogP contribution is -2.47. The fraction of sp³-hybridized carbons (Fsp3) is 0.231. The summed E-state index contributed by atoms with van der Waals surface area (Å²) in [4.78, 5) is 28.3. The minimum atomic E-state index is -0.586. The molecule has 1 aliphatic heterocycles. The molecule has 2 atom stereocenters. The fourth-order valence-electron chi connectivity index (χ4n) is 3.73. The Balaban J connectivity index is 1.56. The summed E-state index contributed by atoms with van der Waals surface area (Å²) in [5.74, 6) is 0.750. The van der Waals surface area contributed by atoms with E-state index in [9.17, 15) is 9.59 Å². The third-order valence-electron chi connectivity index (χ3n) is 5.64. The molecule has 1 aliphatic rings. The van der Waals surface area contributed by atoms with Crippen LogP contribution in [0.1, 0.15) is 22.1 Å². The summed E-state index contributed by atoms with van der Waals surface area (Å²) in [5, 5.41) is 2.80. The zero-order valence-corrected chi connectivity index (χ0v) is 19.0. The third-order valence-corrected chi connectivity index (χ3v) is 6.97. The van der Waals surface area contributed by atoms with E-state index >= 15 is 0 Å². The molecule has 2 amide bonds. The number of nitrogens with zero attached hydrogens (tertiary/aromatic N) is 1. The Morgan fingerprint density at radius 2 is 1.66 bits per heavy atom. The van der Waals surface area contributed by atoms with Crippen molar-refractivity contribution in [2.45, 2.75) is 25.3 Å². The van der Waals surface area contributed by atoms with Crippen LogP contribution >= 0.6 is 11.8 Å². The average molecular weight is 447 g/mol. The van der Waals surface area contributed by atoms with Gasteiger partial charge in [-0.2, -0.15) is 0 Å². The van der Waals surface area contributed by atoms with E-state index in [-0.39, 0.29) is 23.8 Å². The molecule has 4 rings (SSSR count). The number of ether oxygens (including phenoxy) is 1. The van der Waals surface area contributed by atoms with E-state index in [0.29, 0.717) is 11.5 Å². The van der Waals surface area contributed by atoms with E-state index in [2.05, 4.69) is 5.32 Å². The third kappa shape index (κ3) is 4.81. The van der Waals surface area contributed by atoms with Crippen LogP contribution in [0.2, 0.25) is 0 Å². The number of carbonyl (C=O) groups excluding carboxylic acids is 2. The molecule has 32 heavy (non-hydrogen) atoms. The molecule has 0 saturated carbocycles. The first-order valence-electron chi connectivity index (χ1n) is 10.6. The SMILES string of the molecule is Cc1cccc(NC(=O)C2CSC(c3ccccc3)N2C(=O)COc2ccccc2)c1C. The van der Waals surface area contributed by atoms with Crippen molar-refractivity contribution in [1.82, 2.24) is 4.90 Å². The molecule has 3 aromatic carbocycles. The zero-order chi connectivity index (χ0) is 22.5. The first-order chi connectivity index (χ1) is 15.5. The predicted octanol–water partition coefficient (Wildman–Crippen LogP) is 4.96. The van der Waals surface area contributed by atoms with Gasteiger partial charge in [-0.3, -0.25) is 9.59 Å². The van der Waals surface area contributed by atoms with Gasteiger partial charge in [0.1, 0.15) is 17.2 Å². The number of thioether (sulfide) groups is 1. The van der Waals surface area contributed by atoms with Crippen LogP contribution in [0.3, 0.4) is 0 Å². The van der Waals surface area contributed by atoms with Crippen molar-refractivity contribution in [1.29, 1.82) is 0 Å². The minimum absolute atomic E-state index is 0.124. The second-order valence-corrected chi connectivity index (χ2v) is 8.86. The maximum Gasteiger partial charge on any atom is 0.262 e. The van der Waals surface area contributed by atoms with Crippen LogP contribution in [-0.2, 0) is 9.59 Å². The molecule has 1 fully saturated rings. The van der Waals surface area contributed by atoms with Crippen LogP contribution in [0.25, 0.3) is 0 Å². The summed E-state index contributed by atoms with van der Waals surface area (Å²) in [5.41, 5.74) is 3.90. The number of anilines is 1. The minimum Gasteiger partial charge on any atom is -0.484 e. The smallest absolute Gasteiger partial charge is 0.262 e. The van der Waals surface area contributed by atoms with Gasteiger partial charge in [-0.05, 0) is 48.7 Å². The maximum atomic E-state index is 13.3. The summed E-state index contributed by atoms with van der Waals surface area (Å²) in [7, 11) is 0. The van der Waals surface area contributed by atoms with Gasteiger partial charge in [0.25, 0.3) is 5.91 Å². The normalized spacial score (nSPS) is 17.8. The Kier molecular flexibility index (Phi) is 6.81. The highest BCUT2D eigenvalue weighted by atomic mass is 32.2. The van der Waals surface area contributed by atoms with Crippen molar-refractivity contribution in [2.24, 2.45) is 0 Å². The van der Waals surface area contributed by atoms with E-state index in [1.807, 2.05) is 92.7 Å². The Morgan fingerprint density at radius 1 is 0.969 bits per heavy atom. The van der Waals surface area contributed by atoms with Crippen LogP contribution in [0.4, 0.5) is 5.69 Å². The largest absolute Gasteiger partial charge is 0.484 e. The lowest BCUT2D eigenvalue weighted by atomic mass is 10.1. The van der Waals surface area contributed by atoms with Gasteiger partial charge in [0.2, 0.25) is 5.91 Å². The van der Waals surface area contributed by atoms with E-state index < -0.39 is 6.04 Å². The van der Waals surface area contributed by atoms with Crippen LogP contribution in [-0.4, -0.2) is 35.1 Å². The van der Waals surface area contributed by atoms with Gasteiger partial charge in [-0.25, -0.2) is 0 Å². The van der Waals surface area contributed by atoms with Crippen molar-refractivity contribution in [3.63, 3.8) is 0 Å². The lowest BCUT2D eigenvalue weighted by Gasteiger charge is -2.29. The Hall–Kier alpha value is -3.25. The predicted molar refractivity (Wildman–Crippen MR) is 129 cm³/mol. The summed E-state index contributed by atoms with van der Waals surface area (Å²) in [6.07, 6.45) is 0. The summed E-state index contributed by atoms with van der Waals surface area (Å²) >= 11 is 1.60. The molecule has 1 heterocycles. The first-order valence-corrected chi connectivity index (χ1v) is 11.6. The number of para-hydroxylation sites is 1. The molecule has 0 aromatic heterocycles. The summed E-state index contributed by atoms with van der Waals surface area (Å²) in [6.45, 7) is 3.87. The molecule has 164 valence electrons. The number of hydrogen-bond acceptors (Lipinski definition) is 4. The molecule has 0 aliphatic carbocycles. The van der Waals surface area contributed by atoms with Crippen molar-refractivity contribution in [3.8, 4) is 5.75 Å². The highest BCUT2D eigenvalue weighted by molar-refractivity contribution is 7.99. The molecule has 6 heteroatoms.